The Morgan fingerprint density at radius 3 is 2.27 bits per heavy atom. The number of halogens is 2. The molecule has 3 rings (SSSR count). The smallest absolute Gasteiger partial charge is 0.410 e. The van der Waals surface area contributed by atoms with E-state index in [1.54, 1.807) is 16.7 Å². The summed E-state index contributed by atoms with van der Waals surface area (Å²) in [5, 5.41) is 3.75. The van der Waals surface area contributed by atoms with Crippen LogP contribution in [0.4, 0.5) is 4.79 Å². The van der Waals surface area contributed by atoms with Gasteiger partial charge in [0, 0.05) is 61.5 Å². The Balaban J connectivity index is 1.56. The van der Waals surface area contributed by atoms with Crippen molar-refractivity contribution in [3.05, 3.63) is 57.6 Å². The summed E-state index contributed by atoms with van der Waals surface area (Å²) in [6.07, 6.45) is -0.372. The van der Waals surface area contributed by atoms with Crippen LogP contribution < -0.4 is 5.32 Å². The first kappa shape index (κ1) is 32.8. The van der Waals surface area contributed by atoms with Gasteiger partial charge in [0.1, 0.15) is 6.61 Å². The van der Waals surface area contributed by atoms with Crippen LogP contribution in [0, 0.1) is 0 Å². The van der Waals surface area contributed by atoms with Crippen LogP contribution in [-0.4, -0.2) is 69.4 Å². The van der Waals surface area contributed by atoms with Crippen LogP contribution in [0.15, 0.2) is 46.2 Å². The van der Waals surface area contributed by atoms with Crippen molar-refractivity contribution >= 4 is 55.3 Å². The van der Waals surface area contributed by atoms with Crippen molar-refractivity contribution in [2.75, 3.05) is 39.3 Å². The molecule has 0 saturated carbocycles. The minimum atomic E-state index is -1.89. The van der Waals surface area contributed by atoms with Gasteiger partial charge in [0.25, 0.3) is 0 Å². The molecule has 0 aromatic heterocycles. The van der Waals surface area contributed by atoms with Gasteiger partial charge in [0.05, 0.1) is 16.7 Å². The third-order valence-corrected chi connectivity index (χ3v) is 14.2. The van der Waals surface area contributed by atoms with Crippen LogP contribution in [0.3, 0.4) is 0 Å². The van der Waals surface area contributed by atoms with Gasteiger partial charge < -0.3 is 19.4 Å². The number of hydrogen-bond acceptors (Lipinski definition) is 6. The second-order valence-electron chi connectivity index (χ2n) is 11.5. The van der Waals surface area contributed by atoms with Crippen LogP contribution in [0.5, 0.6) is 0 Å². The molecule has 1 fully saturated rings. The third kappa shape index (κ3) is 9.13. The van der Waals surface area contributed by atoms with Crippen molar-refractivity contribution in [3.8, 4) is 0 Å². The largest absolute Gasteiger partial charge is 0.444 e. The maximum Gasteiger partial charge on any atom is 0.410 e. The van der Waals surface area contributed by atoms with Gasteiger partial charge in [-0.05, 0) is 35.8 Å². The van der Waals surface area contributed by atoms with Crippen molar-refractivity contribution in [1.29, 1.82) is 0 Å². The fourth-order valence-electron chi connectivity index (χ4n) is 3.85. The second kappa shape index (κ2) is 14.4. The average molecular weight is 627 g/mol. The molecule has 0 radical (unpaired) electrons. The number of nitrogens with zero attached hydrogens (tertiary/aromatic N) is 2. The Kier molecular flexibility index (Phi) is 11.8. The average Bonchev–Trinajstić information content (AvgIpc) is 2.89. The predicted octanol–water partition coefficient (Wildman–Crippen LogP) is 7.06. The normalized spacial score (nSPS) is 14.8. The van der Waals surface area contributed by atoms with Gasteiger partial charge in [0.15, 0.2) is 8.32 Å². The summed E-state index contributed by atoms with van der Waals surface area (Å²) >= 11 is 14.9. The lowest BCUT2D eigenvalue weighted by Crippen LogP contribution is -2.50. The predicted molar refractivity (Wildman–Crippen MR) is 166 cm³/mol. The van der Waals surface area contributed by atoms with Crippen LogP contribution in [0.1, 0.15) is 38.8 Å². The maximum atomic E-state index is 12.7. The molecular formula is C29H41Cl2N3O4SSi. The molecule has 1 saturated heterocycles. The van der Waals surface area contributed by atoms with Gasteiger partial charge in [-0.25, -0.2) is 4.79 Å². The van der Waals surface area contributed by atoms with Crippen LogP contribution in [0.2, 0.25) is 28.2 Å². The fourth-order valence-corrected chi connectivity index (χ4v) is 6.35. The first-order valence-electron chi connectivity index (χ1n) is 13.5. The molecule has 0 spiro atoms. The lowest BCUT2D eigenvalue weighted by molar-refractivity contribution is -0.119. The number of amides is 2. The minimum Gasteiger partial charge on any atom is -0.444 e. The van der Waals surface area contributed by atoms with E-state index in [0.29, 0.717) is 41.8 Å². The van der Waals surface area contributed by atoms with E-state index in [0.717, 1.165) is 35.0 Å². The van der Waals surface area contributed by atoms with E-state index in [4.69, 9.17) is 32.4 Å². The number of nitrogens with one attached hydrogen (secondary N) is 1. The molecule has 2 aromatic rings. The van der Waals surface area contributed by atoms with Crippen molar-refractivity contribution in [2.45, 2.75) is 68.8 Å². The topological polar surface area (TPSA) is 71.1 Å². The summed E-state index contributed by atoms with van der Waals surface area (Å²) in [5.41, 5.74) is 1.77. The van der Waals surface area contributed by atoms with E-state index < -0.39 is 8.32 Å². The van der Waals surface area contributed by atoms with Gasteiger partial charge in [-0.2, -0.15) is 0 Å². The van der Waals surface area contributed by atoms with Gasteiger partial charge in [0.2, 0.25) is 5.91 Å². The van der Waals surface area contributed by atoms with E-state index in [2.05, 4.69) is 56.2 Å². The van der Waals surface area contributed by atoms with Crippen LogP contribution >= 0.6 is 35.0 Å². The number of ether oxygens (including phenoxy) is 1. The summed E-state index contributed by atoms with van der Waals surface area (Å²) in [5.74, 6) is -0.0379. The van der Waals surface area contributed by atoms with E-state index in [9.17, 15) is 9.59 Å². The molecule has 0 unspecified atom stereocenters. The van der Waals surface area contributed by atoms with Crippen LogP contribution in [0.25, 0.3) is 0 Å². The highest BCUT2D eigenvalue weighted by Crippen LogP contribution is 2.41. The monoisotopic (exact) mass is 625 g/mol. The first-order chi connectivity index (χ1) is 18.8. The summed E-state index contributed by atoms with van der Waals surface area (Å²) in [6, 6.07) is 12.0. The highest BCUT2D eigenvalue weighted by Gasteiger charge is 2.37. The van der Waals surface area contributed by atoms with E-state index in [1.807, 2.05) is 24.3 Å². The Morgan fingerprint density at radius 2 is 1.62 bits per heavy atom. The maximum absolute atomic E-state index is 12.7. The number of hydrogen-bond donors (Lipinski definition) is 1. The quantitative estimate of drug-likeness (QED) is 0.285. The van der Waals surface area contributed by atoms with Gasteiger partial charge in [-0.15, -0.1) is 0 Å². The zero-order valence-corrected chi connectivity index (χ0v) is 27.6. The van der Waals surface area contributed by atoms with Gasteiger partial charge in [-0.1, -0.05) is 80.0 Å². The lowest BCUT2D eigenvalue weighted by Gasteiger charge is -2.36. The highest BCUT2D eigenvalue weighted by atomic mass is 35.5. The molecule has 1 aliphatic rings. The summed E-state index contributed by atoms with van der Waals surface area (Å²) in [6.45, 7) is 17.3. The molecule has 220 valence electrons. The molecule has 1 N–H and O–H groups in total. The van der Waals surface area contributed by atoms with Gasteiger partial charge in [-0.3, -0.25) is 9.69 Å². The minimum absolute atomic E-state index is 0.0379. The number of carbonyl (C=O) groups is 2. The molecule has 40 heavy (non-hydrogen) atoms. The van der Waals surface area contributed by atoms with Crippen molar-refractivity contribution < 1.29 is 18.8 Å². The lowest BCUT2D eigenvalue weighted by atomic mass is 10.2. The SMILES string of the molecule is CC(=O)NCCN1CCN(C(=O)OCc2ccc(Sc3ccccc3CO[Si](C)(C)C(C)(C)C)c(Cl)c2Cl)CC1. The fraction of sp³-hybridized carbons (Fsp3) is 0.517. The summed E-state index contributed by atoms with van der Waals surface area (Å²) in [7, 11) is -1.89. The molecule has 0 atom stereocenters. The Morgan fingerprint density at radius 1 is 0.950 bits per heavy atom. The highest BCUT2D eigenvalue weighted by molar-refractivity contribution is 7.99. The van der Waals surface area contributed by atoms with Crippen molar-refractivity contribution in [1.82, 2.24) is 15.1 Å². The van der Waals surface area contributed by atoms with E-state index in [-0.39, 0.29) is 23.6 Å². The zero-order chi connectivity index (χ0) is 29.5. The number of benzene rings is 2. The number of piperazine rings is 1. The van der Waals surface area contributed by atoms with Crippen LogP contribution in [-0.2, 0) is 27.2 Å². The van der Waals surface area contributed by atoms with E-state index >= 15 is 0 Å². The molecule has 0 bridgehead atoms. The first-order valence-corrected chi connectivity index (χ1v) is 18.0. The van der Waals surface area contributed by atoms with Gasteiger partial charge >= 0.3 is 6.09 Å². The molecule has 0 aliphatic carbocycles. The number of rotatable bonds is 10. The Bertz CT molecular complexity index is 1180. The third-order valence-electron chi connectivity index (χ3n) is 7.50. The summed E-state index contributed by atoms with van der Waals surface area (Å²) in [4.78, 5) is 29.5. The number of carbonyl (C=O) groups excluding carboxylic acids is 2. The second-order valence-corrected chi connectivity index (χ2v) is 18.1. The molecule has 2 aromatic carbocycles. The van der Waals surface area contributed by atoms with Crippen molar-refractivity contribution in [2.24, 2.45) is 0 Å². The molecule has 2 amide bonds. The molecular weight excluding hydrogens is 585 g/mol. The summed E-state index contributed by atoms with van der Waals surface area (Å²) < 4.78 is 12.0. The molecule has 11 heteroatoms. The Labute approximate surface area is 254 Å². The molecule has 1 heterocycles. The van der Waals surface area contributed by atoms with Crippen molar-refractivity contribution in [3.63, 3.8) is 0 Å². The standard InChI is InChI=1S/C29H41Cl2N3O4SSi/c1-21(35)32-13-14-33-15-17-34(18-16-33)28(36)37-19-23-11-12-25(27(31)26(23)30)39-24-10-8-7-9-22(24)20-38-40(5,6)29(2,3)4/h7-12H,13-20H2,1-6H3,(H,32,35). The zero-order valence-electron chi connectivity index (χ0n) is 24.3. The molecule has 7 nitrogen and oxygen atoms in total. The van der Waals surface area contributed by atoms with E-state index in [1.165, 1.54) is 6.92 Å². The molecule has 1 aliphatic heterocycles. The Hall–Kier alpha value is -1.75.